The second kappa shape index (κ2) is 8.51. The average Bonchev–Trinajstić information content (AvgIpc) is 3.10. The van der Waals surface area contributed by atoms with E-state index in [0.29, 0.717) is 34.1 Å². The van der Waals surface area contributed by atoms with E-state index in [1.807, 2.05) is 36.4 Å². The molecule has 2 heterocycles. The van der Waals surface area contributed by atoms with Gasteiger partial charge >= 0.3 is 0 Å². The number of nitrogens with one attached hydrogen (secondary N) is 1. The summed E-state index contributed by atoms with van der Waals surface area (Å²) in [5.74, 6) is 0.287. The van der Waals surface area contributed by atoms with Gasteiger partial charge in [-0.15, -0.1) is 11.3 Å². The van der Waals surface area contributed by atoms with Crippen LogP contribution in [0.3, 0.4) is 0 Å². The number of nitrogens with two attached hydrogens (primary N) is 1. The molecule has 7 heteroatoms. The Morgan fingerprint density at radius 2 is 1.83 bits per heavy atom. The normalized spacial score (nSPS) is 10.9. The van der Waals surface area contributed by atoms with Crippen LogP contribution in [0, 0.1) is 5.82 Å². The minimum Gasteiger partial charge on any atom is -0.497 e. The number of pyridine rings is 1. The number of hydrogen-bond acceptors (Lipinski definition) is 5. The lowest BCUT2D eigenvalue weighted by Crippen LogP contribution is -2.25. The Bertz CT molecular complexity index is 1190. The molecule has 0 fully saturated rings. The predicted molar refractivity (Wildman–Crippen MR) is 118 cm³/mol. The van der Waals surface area contributed by atoms with Crippen LogP contribution in [0.15, 0.2) is 60.7 Å². The maximum Gasteiger partial charge on any atom is 0.263 e. The third kappa shape index (κ3) is 4.11. The van der Waals surface area contributed by atoms with Gasteiger partial charge < -0.3 is 15.8 Å². The number of fused-ring (bicyclic) bond motifs is 1. The van der Waals surface area contributed by atoms with Crippen molar-refractivity contribution in [3.8, 4) is 17.0 Å². The maximum atomic E-state index is 13.2. The maximum absolute atomic E-state index is 13.2. The van der Waals surface area contributed by atoms with Crippen LogP contribution in [0.25, 0.3) is 21.5 Å². The molecule has 2 aromatic heterocycles. The summed E-state index contributed by atoms with van der Waals surface area (Å²) in [5.41, 5.74) is 9.24. The molecule has 4 rings (SSSR count). The van der Waals surface area contributed by atoms with Crippen molar-refractivity contribution in [3.05, 3.63) is 76.9 Å². The summed E-state index contributed by atoms with van der Waals surface area (Å²) in [5, 5.41) is 3.66. The summed E-state index contributed by atoms with van der Waals surface area (Å²) >= 11 is 1.26. The molecule has 30 heavy (non-hydrogen) atoms. The number of halogens is 1. The van der Waals surface area contributed by atoms with Crippen LogP contribution in [0.5, 0.6) is 5.75 Å². The number of ether oxygens (including phenoxy) is 1. The molecule has 0 saturated carbocycles. The molecular weight excluding hydrogens is 401 g/mol. The van der Waals surface area contributed by atoms with Crippen molar-refractivity contribution in [1.29, 1.82) is 0 Å². The van der Waals surface area contributed by atoms with Gasteiger partial charge in [0, 0.05) is 17.5 Å². The molecule has 3 N–H and O–H groups in total. The van der Waals surface area contributed by atoms with Gasteiger partial charge in [-0.05, 0) is 60.5 Å². The van der Waals surface area contributed by atoms with Crippen LogP contribution in [0.4, 0.5) is 10.1 Å². The van der Waals surface area contributed by atoms with Crippen molar-refractivity contribution in [1.82, 2.24) is 10.3 Å². The number of benzene rings is 2. The number of thiophene rings is 1. The molecule has 0 atom stereocenters. The van der Waals surface area contributed by atoms with Crippen LogP contribution >= 0.6 is 11.3 Å². The SMILES string of the molecule is COc1ccc(CCNC(=O)c2sc3nc(-c4ccc(F)cc4)ccc3c2N)cc1. The molecule has 0 saturated heterocycles. The first-order valence-corrected chi connectivity index (χ1v) is 10.2. The van der Waals surface area contributed by atoms with Gasteiger partial charge in [0.15, 0.2) is 0 Å². The van der Waals surface area contributed by atoms with Crippen molar-refractivity contribution >= 4 is 33.1 Å². The van der Waals surface area contributed by atoms with Crippen LogP contribution < -0.4 is 15.8 Å². The molecule has 0 spiro atoms. The van der Waals surface area contributed by atoms with E-state index in [1.165, 1.54) is 23.5 Å². The number of anilines is 1. The number of nitrogens with zero attached hydrogens (tertiary/aromatic N) is 1. The minimum atomic E-state index is -0.297. The number of rotatable bonds is 6. The van der Waals surface area contributed by atoms with E-state index < -0.39 is 0 Å². The second-order valence-electron chi connectivity index (χ2n) is 6.75. The third-order valence-corrected chi connectivity index (χ3v) is 5.91. The van der Waals surface area contributed by atoms with Gasteiger partial charge in [-0.2, -0.15) is 0 Å². The van der Waals surface area contributed by atoms with E-state index in [4.69, 9.17) is 10.5 Å². The second-order valence-corrected chi connectivity index (χ2v) is 7.75. The van der Waals surface area contributed by atoms with Crippen molar-refractivity contribution in [3.63, 3.8) is 0 Å². The van der Waals surface area contributed by atoms with Crippen molar-refractivity contribution in [2.45, 2.75) is 6.42 Å². The van der Waals surface area contributed by atoms with Gasteiger partial charge in [0.25, 0.3) is 5.91 Å². The van der Waals surface area contributed by atoms with E-state index in [2.05, 4.69) is 10.3 Å². The predicted octanol–water partition coefficient (Wildman–Crippen LogP) is 4.67. The average molecular weight is 421 g/mol. The first-order chi connectivity index (χ1) is 14.5. The number of carbonyl (C=O) groups excluding carboxylic acids is 1. The van der Waals surface area contributed by atoms with Crippen molar-refractivity contribution in [2.24, 2.45) is 0 Å². The fourth-order valence-electron chi connectivity index (χ4n) is 3.14. The fraction of sp³-hybridized carbons (Fsp3) is 0.130. The molecule has 0 aliphatic heterocycles. The van der Waals surface area contributed by atoms with Gasteiger partial charge in [-0.3, -0.25) is 4.79 Å². The Morgan fingerprint density at radius 1 is 1.10 bits per heavy atom. The lowest BCUT2D eigenvalue weighted by atomic mass is 10.1. The topological polar surface area (TPSA) is 77.2 Å². The van der Waals surface area contributed by atoms with Gasteiger partial charge in [-0.1, -0.05) is 12.1 Å². The van der Waals surface area contributed by atoms with Crippen LogP contribution in [-0.4, -0.2) is 24.5 Å². The van der Waals surface area contributed by atoms with E-state index in [9.17, 15) is 9.18 Å². The Hall–Kier alpha value is -3.45. The number of aromatic nitrogens is 1. The fourth-order valence-corrected chi connectivity index (χ4v) is 4.15. The summed E-state index contributed by atoms with van der Waals surface area (Å²) in [7, 11) is 1.63. The van der Waals surface area contributed by atoms with E-state index in [0.717, 1.165) is 22.3 Å². The lowest BCUT2D eigenvalue weighted by molar-refractivity contribution is 0.0959. The highest BCUT2D eigenvalue weighted by Gasteiger charge is 2.17. The van der Waals surface area contributed by atoms with Gasteiger partial charge in [-0.25, -0.2) is 9.37 Å². The number of carbonyl (C=O) groups is 1. The van der Waals surface area contributed by atoms with E-state index >= 15 is 0 Å². The van der Waals surface area contributed by atoms with E-state index in [-0.39, 0.29) is 11.7 Å². The largest absolute Gasteiger partial charge is 0.497 e. The Balaban J connectivity index is 1.48. The van der Waals surface area contributed by atoms with Gasteiger partial charge in [0.1, 0.15) is 21.3 Å². The standard InChI is InChI=1S/C23H20FN3O2S/c1-29-17-8-2-14(3-9-17)12-13-26-22(28)21-20(25)18-10-11-19(27-23(18)30-21)15-4-6-16(24)7-5-15/h2-11H,12-13,25H2,1H3,(H,26,28). The summed E-state index contributed by atoms with van der Waals surface area (Å²) in [6.45, 7) is 0.493. The minimum absolute atomic E-state index is 0.215. The first kappa shape index (κ1) is 19.8. The Labute approximate surface area is 177 Å². The molecule has 0 radical (unpaired) electrons. The first-order valence-electron chi connectivity index (χ1n) is 9.41. The summed E-state index contributed by atoms with van der Waals surface area (Å²) < 4.78 is 18.3. The number of amides is 1. The highest BCUT2D eigenvalue weighted by molar-refractivity contribution is 7.21. The Kier molecular flexibility index (Phi) is 5.63. The molecule has 5 nitrogen and oxygen atoms in total. The molecule has 152 valence electrons. The third-order valence-electron chi connectivity index (χ3n) is 4.80. The van der Waals surface area contributed by atoms with Crippen LogP contribution in [-0.2, 0) is 6.42 Å². The quantitative estimate of drug-likeness (QED) is 0.474. The molecule has 2 aromatic carbocycles. The number of methoxy groups -OCH3 is 1. The highest BCUT2D eigenvalue weighted by atomic mass is 32.1. The monoisotopic (exact) mass is 421 g/mol. The zero-order valence-electron chi connectivity index (χ0n) is 16.3. The molecule has 0 aliphatic carbocycles. The molecular formula is C23H20FN3O2S. The van der Waals surface area contributed by atoms with E-state index in [1.54, 1.807) is 19.2 Å². The van der Waals surface area contributed by atoms with Crippen LogP contribution in [0.2, 0.25) is 0 Å². The van der Waals surface area contributed by atoms with Gasteiger partial charge in [0.05, 0.1) is 18.5 Å². The zero-order valence-corrected chi connectivity index (χ0v) is 17.1. The van der Waals surface area contributed by atoms with Gasteiger partial charge in [0.2, 0.25) is 0 Å². The molecule has 1 amide bonds. The number of nitrogen functional groups attached to an aromatic ring is 1. The molecule has 0 unspecified atom stereocenters. The van der Waals surface area contributed by atoms with Crippen LogP contribution in [0.1, 0.15) is 15.2 Å². The zero-order chi connectivity index (χ0) is 21.1. The summed E-state index contributed by atoms with van der Waals surface area (Å²) in [4.78, 5) is 18.4. The Morgan fingerprint density at radius 3 is 2.53 bits per heavy atom. The summed E-state index contributed by atoms with van der Waals surface area (Å²) in [6.07, 6.45) is 0.702. The number of hydrogen-bond donors (Lipinski definition) is 2. The van der Waals surface area contributed by atoms with Crippen molar-refractivity contribution in [2.75, 3.05) is 19.4 Å². The summed E-state index contributed by atoms with van der Waals surface area (Å²) in [6, 6.07) is 17.5. The van der Waals surface area contributed by atoms with Crippen molar-refractivity contribution < 1.29 is 13.9 Å². The molecule has 4 aromatic rings. The molecule has 0 aliphatic rings. The highest BCUT2D eigenvalue weighted by Crippen LogP contribution is 2.34. The smallest absolute Gasteiger partial charge is 0.263 e. The lowest BCUT2D eigenvalue weighted by Gasteiger charge is -2.06. The molecule has 0 bridgehead atoms.